The lowest BCUT2D eigenvalue weighted by Crippen LogP contribution is -2.56. The van der Waals surface area contributed by atoms with Gasteiger partial charge in [0, 0.05) is 0 Å². The number of nitrogens with one attached hydrogen (secondary N) is 1. The van der Waals surface area contributed by atoms with Gasteiger partial charge in [-0.2, -0.15) is 0 Å². The third kappa shape index (κ3) is 4.78. The summed E-state index contributed by atoms with van der Waals surface area (Å²) in [5, 5.41) is 2.06. The van der Waals surface area contributed by atoms with Gasteiger partial charge < -0.3 is 10.5 Å². The molecule has 2 aliphatic rings. The Balaban J connectivity index is 2.26. The largest absolute Gasteiger partial charge is 0.446 e. The molecule has 0 aromatic rings. The molecule has 0 heterocycles. The number of carbonyl (C=O) groups excluding carboxylic acids is 2. The highest BCUT2D eigenvalue weighted by Crippen LogP contribution is 2.62. The number of alkyl carbamates (subject to hydrolysis) is 1. The van der Waals surface area contributed by atoms with Crippen molar-refractivity contribution in [2.24, 2.45) is 40.2 Å². The third-order valence-corrected chi connectivity index (χ3v) is 7.96. The monoisotopic (exact) mass is 380 g/mol. The smallest absolute Gasteiger partial charge is 0.415 e. The third-order valence-electron chi connectivity index (χ3n) is 7.96. The summed E-state index contributed by atoms with van der Waals surface area (Å²) in [6, 6.07) is -0.861. The topological polar surface area (TPSA) is 81.4 Å². The van der Waals surface area contributed by atoms with Crippen LogP contribution in [0.2, 0.25) is 0 Å². The summed E-state index contributed by atoms with van der Waals surface area (Å²) in [5.41, 5.74) is 5.60. The Morgan fingerprint density at radius 1 is 1.26 bits per heavy atom. The predicted octanol–water partition coefficient (Wildman–Crippen LogP) is 5.47. The van der Waals surface area contributed by atoms with Crippen LogP contribution in [0.5, 0.6) is 0 Å². The van der Waals surface area contributed by atoms with Crippen LogP contribution in [-0.2, 0) is 4.74 Å². The molecule has 0 radical (unpaired) electrons. The summed E-state index contributed by atoms with van der Waals surface area (Å²) >= 11 is 0. The Morgan fingerprint density at radius 2 is 1.93 bits per heavy atom. The quantitative estimate of drug-likeness (QED) is 0.663. The van der Waals surface area contributed by atoms with E-state index >= 15 is 0 Å². The van der Waals surface area contributed by atoms with Gasteiger partial charge in [-0.05, 0) is 60.2 Å². The van der Waals surface area contributed by atoms with E-state index in [1.165, 1.54) is 38.5 Å². The van der Waals surface area contributed by atoms with Gasteiger partial charge >= 0.3 is 12.1 Å². The van der Waals surface area contributed by atoms with Crippen molar-refractivity contribution < 1.29 is 14.3 Å². The molecule has 2 fully saturated rings. The molecule has 0 aromatic carbocycles. The van der Waals surface area contributed by atoms with E-state index in [9.17, 15) is 9.59 Å². The zero-order valence-corrected chi connectivity index (χ0v) is 18.1. The van der Waals surface area contributed by atoms with Crippen LogP contribution < -0.4 is 11.1 Å². The Kier molecular flexibility index (Phi) is 6.86. The average molecular weight is 381 g/mol. The van der Waals surface area contributed by atoms with Crippen LogP contribution in [0.3, 0.4) is 0 Å². The molecule has 0 spiro atoms. The maximum atomic E-state index is 12.1. The number of nitrogens with two attached hydrogens (primary N) is 1. The van der Waals surface area contributed by atoms with Crippen LogP contribution in [0.15, 0.2) is 0 Å². The van der Waals surface area contributed by atoms with Crippen molar-refractivity contribution >= 4 is 12.1 Å². The minimum Gasteiger partial charge on any atom is -0.446 e. The van der Waals surface area contributed by atoms with Gasteiger partial charge in [0.15, 0.2) is 0 Å². The zero-order chi connectivity index (χ0) is 20.4. The normalized spacial score (nSPS) is 36.4. The molecule has 3 N–H and O–H groups in total. The van der Waals surface area contributed by atoms with E-state index in [0.29, 0.717) is 11.8 Å². The number of carbonyl (C=O) groups is 2. The second-order valence-electron chi connectivity index (χ2n) is 10.1. The zero-order valence-electron chi connectivity index (χ0n) is 18.1. The van der Waals surface area contributed by atoms with E-state index in [1.807, 2.05) is 0 Å². The lowest BCUT2D eigenvalue weighted by atomic mass is 9.45. The Labute approximate surface area is 165 Å². The molecule has 5 heteroatoms. The SMILES string of the molecule is CC[C@@H](C)CC[C@H]1[C@@H](C)[C@@H](OC(=O)NC(N)=O)C[C@H]2C(C)(C)CCC[C@]12C. The number of hydrogen-bond acceptors (Lipinski definition) is 3. The molecule has 2 saturated carbocycles. The first-order valence-electron chi connectivity index (χ1n) is 10.8. The van der Waals surface area contributed by atoms with Gasteiger partial charge in [0.05, 0.1) is 0 Å². The first-order chi connectivity index (χ1) is 12.5. The molecule has 0 unspecified atom stereocenters. The van der Waals surface area contributed by atoms with Crippen LogP contribution in [0.1, 0.15) is 86.5 Å². The molecule has 2 aliphatic carbocycles. The van der Waals surface area contributed by atoms with Crippen molar-refractivity contribution in [1.29, 1.82) is 0 Å². The molecular weight excluding hydrogens is 340 g/mol. The highest BCUT2D eigenvalue weighted by molar-refractivity contribution is 5.89. The standard InChI is InChI=1S/C22H40N2O3/c1-7-14(2)9-10-16-15(3)17(27-20(26)24-19(23)25)13-18-21(4,5)11-8-12-22(16,18)6/h14-18H,7-13H2,1-6H3,(H3,23,24,25,26)/t14-,15-,16+,17+,18+,22-/m1/s1. The summed E-state index contributed by atoms with van der Waals surface area (Å²) < 4.78 is 5.71. The van der Waals surface area contributed by atoms with E-state index in [0.717, 1.165) is 12.3 Å². The number of imide groups is 1. The van der Waals surface area contributed by atoms with Crippen molar-refractivity contribution in [2.75, 3.05) is 0 Å². The molecular formula is C22H40N2O3. The van der Waals surface area contributed by atoms with Gasteiger partial charge in [0.25, 0.3) is 0 Å². The van der Waals surface area contributed by atoms with Crippen molar-refractivity contribution in [3.8, 4) is 0 Å². The number of ether oxygens (including phenoxy) is 1. The summed E-state index contributed by atoms with van der Waals surface area (Å²) in [4.78, 5) is 23.1. The first kappa shape index (κ1) is 22.0. The number of hydrogen-bond donors (Lipinski definition) is 2. The molecule has 3 amide bonds. The molecule has 27 heavy (non-hydrogen) atoms. The molecule has 5 nitrogen and oxygen atoms in total. The van der Waals surface area contributed by atoms with Crippen LogP contribution in [-0.4, -0.2) is 18.2 Å². The molecule has 0 aliphatic heterocycles. The average Bonchev–Trinajstić information content (AvgIpc) is 2.55. The van der Waals surface area contributed by atoms with Gasteiger partial charge in [0.2, 0.25) is 0 Å². The highest BCUT2D eigenvalue weighted by Gasteiger charge is 2.56. The van der Waals surface area contributed by atoms with E-state index < -0.39 is 12.1 Å². The summed E-state index contributed by atoms with van der Waals surface area (Å²) in [7, 11) is 0. The number of amides is 3. The Hall–Kier alpha value is -1.26. The second-order valence-corrected chi connectivity index (χ2v) is 10.1. The molecule has 6 atom stereocenters. The van der Waals surface area contributed by atoms with Crippen LogP contribution in [0.4, 0.5) is 9.59 Å². The number of rotatable bonds is 5. The number of primary amides is 1. The first-order valence-corrected chi connectivity index (χ1v) is 10.8. The minimum absolute atomic E-state index is 0.165. The molecule has 0 saturated heterocycles. The fourth-order valence-electron chi connectivity index (χ4n) is 6.19. The van der Waals surface area contributed by atoms with Crippen molar-refractivity contribution in [3.63, 3.8) is 0 Å². The second kappa shape index (κ2) is 8.40. The number of fused-ring (bicyclic) bond motifs is 1. The van der Waals surface area contributed by atoms with Gasteiger partial charge in [0.1, 0.15) is 6.10 Å². The molecule has 156 valence electrons. The Morgan fingerprint density at radius 3 is 2.52 bits per heavy atom. The van der Waals surface area contributed by atoms with E-state index in [4.69, 9.17) is 10.5 Å². The lowest BCUT2D eigenvalue weighted by Gasteiger charge is -2.60. The van der Waals surface area contributed by atoms with E-state index in [1.54, 1.807) is 0 Å². The Bertz CT molecular complexity index is 548. The fraction of sp³-hybridized carbons (Fsp3) is 0.909. The van der Waals surface area contributed by atoms with E-state index in [-0.39, 0.29) is 22.9 Å². The molecule has 2 rings (SSSR count). The van der Waals surface area contributed by atoms with Crippen molar-refractivity contribution in [1.82, 2.24) is 5.32 Å². The lowest BCUT2D eigenvalue weighted by molar-refractivity contribution is -0.142. The van der Waals surface area contributed by atoms with Crippen LogP contribution in [0, 0.1) is 34.5 Å². The van der Waals surface area contributed by atoms with Gasteiger partial charge in [-0.3, -0.25) is 0 Å². The highest BCUT2D eigenvalue weighted by atomic mass is 16.6. The maximum absolute atomic E-state index is 12.1. The summed E-state index contributed by atoms with van der Waals surface area (Å²) in [6.45, 7) is 14.0. The van der Waals surface area contributed by atoms with Gasteiger partial charge in [-0.25, -0.2) is 14.9 Å². The predicted molar refractivity (Wildman–Crippen MR) is 108 cm³/mol. The van der Waals surface area contributed by atoms with Crippen LogP contribution >= 0.6 is 0 Å². The van der Waals surface area contributed by atoms with E-state index in [2.05, 4.69) is 46.9 Å². The van der Waals surface area contributed by atoms with Crippen molar-refractivity contribution in [3.05, 3.63) is 0 Å². The summed E-state index contributed by atoms with van der Waals surface area (Å²) in [6.07, 6.45) is 7.35. The van der Waals surface area contributed by atoms with Crippen molar-refractivity contribution in [2.45, 2.75) is 92.6 Å². The minimum atomic E-state index is -0.861. The van der Waals surface area contributed by atoms with Crippen LogP contribution in [0.25, 0.3) is 0 Å². The van der Waals surface area contributed by atoms with Gasteiger partial charge in [-0.15, -0.1) is 0 Å². The van der Waals surface area contributed by atoms with Gasteiger partial charge in [-0.1, -0.05) is 60.8 Å². The number of urea groups is 1. The maximum Gasteiger partial charge on any atom is 0.415 e. The molecule has 0 bridgehead atoms. The molecule has 0 aromatic heterocycles. The fourth-order valence-corrected chi connectivity index (χ4v) is 6.19. The summed E-state index contributed by atoms with van der Waals surface area (Å²) in [5.74, 6) is 2.04.